The van der Waals surface area contributed by atoms with Crippen LogP contribution >= 0.6 is 0 Å². The summed E-state index contributed by atoms with van der Waals surface area (Å²) in [7, 11) is 1.36. The van der Waals surface area contributed by atoms with E-state index in [1.54, 1.807) is 0 Å². The average molecular weight is 366 g/mol. The van der Waals surface area contributed by atoms with Crippen molar-refractivity contribution < 1.29 is 14.3 Å². The number of nitroso groups, excluding NO2 is 1. The summed E-state index contributed by atoms with van der Waals surface area (Å²) in [4.78, 5) is 25.8. The Morgan fingerprint density at radius 1 is 1.19 bits per heavy atom. The molecule has 0 unspecified atom stereocenters. The van der Waals surface area contributed by atoms with Gasteiger partial charge in [-0.15, -0.1) is 0 Å². The summed E-state index contributed by atoms with van der Waals surface area (Å²) in [6, 6.07) is 8.23. The number of nitrogens with one attached hydrogen (secondary N) is 1. The molecule has 0 amide bonds. The van der Waals surface area contributed by atoms with Gasteiger partial charge in [0.25, 0.3) is 0 Å². The van der Waals surface area contributed by atoms with Crippen molar-refractivity contribution in [3.05, 3.63) is 45.9 Å². The molecule has 6 heteroatoms. The van der Waals surface area contributed by atoms with E-state index >= 15 is 0 Å². The predicted octanol–water partition coefficient (Wildman–Crippen LogP) is 4.06. The number of fused-ring (bicyclic) bond motifs is 4. The van der Waals surface area contributed by atoms with Crippen molar-refractivity contribution in [3.8, 4) is 5.75 Å². The zero-order chi connectivity index (χ0) is 18.8. The predicted molar refractivity (Wildman–Crippen MR) is 104 cm³/mol. The smallest absolute Gasteiger partial charge is 0.343 e. The zero-order valence-corrected chi connectivity index (χ0v) is 15.3. The largest absolute Gasteiger partial charge is 0.481 e. The first-order valence-electron chi connectivity index (χ1n) is 9.29. The van der Waals surface area contributed by atoms with E-state index in [0.717, 1.165) is 58.8 Å². The van der Waals surface area contributed by atoms with Crippen molar-refractivity contribution in [2.24, 2.45) is 5.18 Å². The van der Waals surface area contributed by atoms with Crippen LogP contribution in [-0.2, 0) is 28.8 Å². The molecule has 27 heavy (non-hydrogen) atoms. The topological polar surface area (TPSA) is 80.8 Å². The van der Waals surface area contributed by atoms with E-state index in [2.05, 4.69) is 16.2 Å². The standard InChI is InChI=1S/C21H22N2O4/c1-26-18(24)12-27-21-15-7-3-2-5-14(15)11-17-20(21)19-13(9-10-22-25)6-4-8-16(19)23-17/h4,6,8,11,23H,2-3,5,7,9-10,12H2,1H3. The quantitative estimate of drug-likeness (QED) is 0.527. The van der Waals surface area contributed by atoms with Crippen LogP contribution in [0, 0.1) is 4.91 Å². The van der Waals surface area contributed by atoms with E-state index in [1.165, 1.54) is 18.2 Å². The molecule has 0 bridgehead atoms. The summed E-state index contributed by atoms with van der Waals surface area (Å²) < 4.78 is 10.8. The number of methoxy groups -OCH3 is 1. The summed E-state index contributed by atoms with van der Waals surface area (Å²) in [5.41, 5.74) is 5.51. The van der Waals surface area contributed by atoms with Gasteiger partial charge in [0.1, 0.15) is 5.75 Å². The SMILES string of the molecule is COC(=O)COc1c2c(cc3[nH]c4cccc(CCN=O)c4c13)CCCC2. The van der Waals surface area contributed by atoms with E-state index in [-0.39, 0.29) is 13.2 Å². The molecular formula is C21H22N2O4. The minimum atomic E-state index is -0.401. The van der Waals surface area contributed by atoms with Gasteiger partial charge in [0.05, 0.1) is 19.2 Å². The third kappa shape index (κ3) is 3.16. The number of aryl methyl sites for hydroxylation is 1. The maximum absolute atomic E-state index is 11.7. The van der Waals surface area contributed by atoms with Crippen LogP contribution in [0.25, 0.3) is 21.8 Å². The Balaban J connectivity index is 1.96. The molecule has 1 heterocycles. The van der Waals surface area contributed by atoms with Crippen molar-refractivity contribution in [2.45, 2.75) is 32.1 Å². The Kier molecular flexibility index (Phi) is 4.79. The zero-order valence-electron chi connectivity index (χ0n) is 15.3. The highest BCUT2D eigenvalue weighted by molar-refractivity contribution is 6.13. The monoisotopic (exact) mass is 366 g/mol. The molecule has 0 fully saturated rings. The highest BCUT2D eigenvalue weighted by atomic mass is 16.6. The molecule has 0 spiro atoms. The first-order chi connectivity index (χ1) is 13.2. The number of hydrogen-bond acceptors (Lipinski definition) is 5. The molecule has 6 nitrogen and oxygen atoms in total. The molecule has 2 aromatic carbocycles. The number of hydrogen-bond donors (Lipinski definition) is 1. The molecular weight excluding hydrogens is 344 g/mol. The lowest BCUT2D eigenvalue weighted by Gasteiger charge is -2.21. The van der Waals surface area contributed by atoms with Gasteiger partial charge in [-0.05, 0) is 60.9 Å². The molecule has 1 aliphatic rings. The third-order valence-electron chi connectivity index (χ3n) is 5.30. The van der Waals surface area contributed by atoms with E-state index in [1.807, 2.05) is 18.2 Å². The Morgan fingerprint density at radius 2 is 2.04 bits per heavy atom. The second-order valence-electron chi connectivity index (χ2n) is 6.91. The van der Waals surface area contributed by atoms with Crippen LogP contribution in [0.4, 0.5) is 0 Å². The molecule has 0 saturated heterocycles. The summed E-state index contributed by atoms with van der Waals surface area (Å²) >= 11 is 0. The summed E-state index contributed by atoms with van der Waals surface area (Å²) in [5, 5.41) is 5.04. The highest BCUT2D eigenvalue weighted by Gasteiger charge is 2.22. The highest BCUT2D eigenvalue weighted by Crippen LogP contribution is 2.42. The minimum absolute atomic E-state index is 0.118. The second kappa shape index (κ2) is 7.39. The molecule has 1 aliphatic carbocycles. The van der Waals surface area contributed by atoms with E-state index in [9.17, 15) is 9.70 Å². The lowest BCUT2D eigenvalue weighted by Crippen LogP contribution is -2.15. The van der Waals surface area contributed by atoms with Crippen LogP contribution < -0.4 is 4.74 Å². The van der Waals surface area contributed by atoms with E-state index in [0.29, 0.717) is 6.42 Å². The Bertz CT molecular complexity index is 1020. The Labute approximate surface area is 156 Å². The lowest BCUT2D eigenvalue weighted by atomic mass is 9.88. The first-order valence-corrected chi connectivity index (χ1v) is 9.29. The van der Waals surface area contributed by atoms with Crippen molar-refractivity contribution in [2.75, 3.05) is 20.3 Å². The van der Waals surface area contributed by atoms with Crippen molar-refractivity contribution >= 4 is 27.8 Å². The second-order valence-corrected chi connectivity index (χ2v) is 6.91. The Hall–Kier alpha value is -2.89. The van der Waals surface area contributed by atoms with Crippen LogP contribution in [0.2, 0.25) is 0 Å². The number of aromatic nitrogens is 1. The molecule has 1 aromatic heterocycles. The number of rotatable bonds is 6. The van der Waals surface area contributed by atoms with E-state index < -0.39 is 5.97 Å². The number of ether oxygens (including phenoxy) is 2. The fraction of sp³-hybridized carbons (Fsp3) is 0.381. The lowest BCUT2D eigenvalue weighted by molar-refractivity contribution is -0.142. The number of benzene rings is 2. The van der Waals surface area contributed by atoms with Gasteiger partial charge in [0, 0.05) is 16.3 Å². The minimum Gasteiger partial charge on any atom is -0.481 e. The normalized spacial score (nSPS) is 13.5. The van der Waals surface area contributed by atoms with Crippen LogP contribution in [-0.4, -0.2) is 31.2 Å². The van der Waals surface area contributed by atoms with E-state index in [4.69, 9.17) is 9.47 Å². The van der Waals surface area contributed by atoms with Gasteiger partial charge in [-0.2, -0.15) is 4.91 Å². The number of esters is 1. The third-order valence-corrected chi connectivity index (χ3v) is 5.30. The number of aromatic amines is 1. The van der Waals surface area contributed by atoms with Gasteiger partial charge in [0.15, 0.2) is 6.61 Å². The molecule has 140 valence electrons. The number of carbonyl (C=O) groups is 1. The average Bonchev–Trinajstić information content (AvgIpc) is 3.07. The van der Waals surface area contributed by atoms with Crippen LogP contribution in [0.15, 0.2) is 29.4 Å². The first kappa shape index (κ1) is 17.5. The molecule has 0 radical (unpaired) electrons. The molecule has 0 aliphatic heterocycles. The summed E-state index contributed by atoms with van der Waals surface area (Å²) in [6.07, 6.45) is 4.79. The maximum atomic E-state index is 11.7. The fourth-order valence-corrected chi connectivity index (χ4v) is 4.08. The molecule has 0 saturated carbocycles. The van der Waals surface area contributed by atoms with Crippen molar-refractivity contribution in [1.29, 1.82) is 0 Å². The number of carbonyl (C=O) groups excluding carboxylic acids is 1. The van der Waals surface area contributed by atoms with Crippen LogP contribution in [0.5, 0.6) is 5.75 Å². The van der Waals surface area contributed by atoms with Crippen molar-refractivity contribution in [3.63, 3.8) is 0 Å². The molecule has 3 aromatic rings. The summed E-state index contributed by atoms with van der Waals surface area (Å²) in [6.45, 7) is 0.113. The Morgan fingerprint density at radius 3 is 2.85 bits per heavy atom. The molecule has 4 rings (SSSR count). The fourth-order valence-electron chi connectivity index (χ4n) is 4.08. The van der Waals surface area contributed by atoms with Gasteiger partial charge in [-0.25, -0.2) is 4.79 Å². The molecule has 0 atom stereocenters. The van der Waals surface area contributed by atoms with Gasteiger partial charge >= 0.3 is 5.97 Å². The van der Waals surface area contributed by atoms with Crippen LogP contribution in [0.3, 0.4) is 0 Å². The number of nitrogens with zero attached hydrogens (tertiary/aromatic N) is 1. The van der Waals surface area contributed by atoms with Gasteiger partial charge in [-0.1, -0.05) is 17.3 Å². The number of H-pyrrole nitrogens is 1. The van der Waals surface area contributed by atoms with Gasteiger partial charge in [-0.3, -0.25) is 0 Å². The molecule has 1 N–H and O–H groups in total. The summed E-state index contributed by atoms with van der Waals surface area (Å²) in [5.74, 6) is 0.368. The van der Waals surface area contributed by atoms with Gasteiger partial charge in [0.2, 0.25) is 0 Å². The van der Waals surface area contributed by atoms with Crippen LogP contribution in [0.1, 0.15) is 29.5 Å². The van der Waals surface area contributed by atoms with Crippen molar-refractivity contribution in [1.82, 2.24) is 4.98 Å². The maximum Gasteiger partial charge on any atom is 0.343 e. The van der Waals surface area contributed by atoms with Gasteiger partial charge < -0.3 is 14.5 Å².